The van der Waals surface area contributed by atoms with Crippen LogP contribution < -0.4 is 11.5 Å². The molecule has 0 aliphatic carbocycles. The van der Waals surface area contributed by atoms with Crippen LogP contribution in [0.5, 0.6) is 0 Å². The van der Waals surface area contributed by atoms with Crippen LogP contribution in [0.15, 0.2) is 12.3 Å². The van der Waals surface area contributed by atoms with Gasteiger partial charge < -0.3 is 16.5 Å². The van der Waals surface area contributed by atoms with Gasteiger partial charge >= 0.3 is 0 Å². The van der Waals surface area contributed by atoms with Crippen molar-refractivity contribution in [1.29, 1.82) is 0 Å². The summed E-state index contributed by atoms with van der Waals surface area (Å²) in [5.74, 6) is 1.81. The summed E-state index contributed by atoms with van der Waals surface area (Å²) in [5.41, 5.74) is 13.9. The molecule has 24 heavy (non-hydrogen) atoms. The van der Waals surface area contributed by atoms with Gasteiger partial charge in [0.1, 0.15) is 11.3 Å². The molecule has 0 unspecified atom stereocenters. The molecule has 1 saturated heterocycles. The zero-order valence-electron chi connectivity index (χ0n) is 13.6. The number of hydrogen-bond donors (Lipinski definition) is 3. The molecule has 1 aliphatic heterocycles. The second kappa shape index (κ2) is 5.75. The van der Waals surface area contributed by atoms with Gasteiger partial charge in [0.2, 0.25) is 5.95 Å². The highest BCUT2D eigenvalue weighted by Gasteiger charge is 2.24. The summed E-state index contributed by atoms with van der Waals surface area (Å²) < 4.78 is 1.84. The van der Waals surface area contributed by atoms with Crippen molar-refractivity contribution < 1.29 is 0 Å². The maximum absolute atomic E-state index is 5.89. The molecule has 5 N–H and O–H groups in total. The van der Waals surface area contributed by atoms with Gasteiger partial charge in [-0.3, -0.25) is 9.58 Å². The van der Waals surface area contributed by atoms with Gasteiger partial charge in [-0.2, -0.15) is 15.1 Å². The van der Waals surface area contributed by atoms with Crippen molar-refractivity contribution >= 4 is 22.9 Å². The largest absolute Gasteiger partial charge is 0.382 e. The van der Waals surface area contributed by atoms with Crippen LogP contribution in [0.1, 0.15) is 30.3 Å². The van der Waals surface area contributed by atoms with Crippen LogP contribution in [0.4, 0.5) is 11.8 Å². The monoisotopic (exact) mass is 327 g/mol. The Bertz CT molecular complexity index is 857. The highest BCUT2D eigenvalue weighted by molar-refractivity contribution is 5.82. The minimum Gasteiger partial charge on any atom is -0.382 e. The molecule has 3 aromatic heterocycles. The average Bonchev–Trinajstić information content (AvgIpc) is 3.14. The third-order valence-electron chi connectivity index (χ3n) is 4.54. The number of nitrogens with one attached hydrogen (secondary N) is 1. The summed E-state index contributed by atoms with van der Waals surface area (Å²) in [6.45, 7) is 2.92. The number of anilines is 2. The van der Waals surface area contributed by atoms with E-state index in [1.54, 1.807) is 0 Å². The predicted octanol–water partition coefficient (Wildman–Crippen LogP) is 0.630. The van der Waals surface area contributed by atoms with E-state index in [4.69, 9.17) is 11.5 Å². The lowest BCUT2D eigenvalue weighted by molar-refractivity contribution is 0.199. The van der Waals surface area contributed by atoms with E-state index in [2.05, 4.69) is 36.0 Å². The van der Waals surface area contributed by atoms with Gasteiger partial charge in [0.25, 0.3) is 0 Å². The molecule has 9 nitrogen and oxygen atoms in total. The van der Waals surface area contributed by atoms with Crippen LogP contribution in [-0.4, -0.2) is 47.7 Å². The second-order valence-electron chi connectivity index (χ2n) is 6.32. The van der Waals surface area contributed by atoms with E-state index in [0.29, 0.717) is 22.9 Å². The normalized spacial score (nSPS) is 16.9. The number of nitrogen functional groups attached to an aromatic ring is 2. The third kappa shape index (κ3) is 2.78. The molecule has 3 aromatic rings. The Morgan fingerprint density at radius 3 is 2.71 bits per heavy atom. The molecule has 4 rings (SSSR count). The number of aromatic amines is 1. The Hall–Kier alpha value is -2.68. The Balaban J connectivity index is 1.45. The molecule has 1 fully saturated rings. The first-order chi connectivity index (χ1) is 11.6. The molecule has 0 bridgehead atoms. The second-order valence-corrected chi connectivity index (χ2v) is 6.32. The van der Waals surface area contributed by atoms with Crippen molar-refractivity contribution in [1.82, 2.24) is 34.6 Å². The van der Waals surface area contributed by atoms with Crippen LogP contribution in [0.3, 0.4) is 0 Å². The number of aromatic nitrogens is 6. The van der Waals surface area contributed by atoms with Crippen molar-refractivity contribution in [3.8, 4) is 0 Å². The summed E-state index contributed by atoms with van der Waals surface area (Å²) in [6, 6.07) is 2.07. The number of nitrogens with two attached hydrogens (primary N) is 2. The topological polar surface area (TPSA) is 128 Å². The third-order valence-corrected chi connectivity index (χ3v) is 4.54. The van der Waals surface area contributed by atoms with Crippen molar-refractivity contribution in [3.05, 3.63) is 23.8 Å². The van der Waals surface area contributed by atoms with E-state index in [1.165, 1.54) is 0 Å². The van der Waals surface area contributed by atoms with Crippen molar-refractivity contribution in [2.75, 3.05) is 24.6 Å². The fraction of sp³-hybridized carbons (Fsp3) is 0.467. The summed E-state index contributed by atoms with van der Waals surface area (Å²) in [5, 5.41) is 4.44. The molecule has 1 aliphatic rings. The van der Waals surface area contributed by atoms with Gasteiger partial charge in [-0.05, 0) is 32.0 Å². The smallest absolute Gasteiger partial charge is 0.224 e. The minimum absolute atomic E-state index is 0.156. The van der Waals surface area contributed by atoms with E-state index in [-0.39, 0.29) is 5.95 Å². The maximum atomic E-state index is 5.89. The summed E-state index contributed by atoms with van der Waals surface area (Å²) >= 11 is 0. The average molecular weight is 327 g/mol. The number of aryl methyl sites for hydroxylation is 1. The standard InChI is InChI=1S/C15H21N9/c1-23-5-4-10(22-23)8-24-6-2-9(3-7-24)13-18-11-12(16)19-15(17)21-14(11)20-13/h4-5,9H,2-3,6-8H2,1H3,(H5,16,17,18,19,20,21). The maximum Gasteiger partial charge on any atom is 0.224 e. The summed E-state index contributed by atoms with van der Waals surface area (Å²) in [4.78, 5) is 18.4. The van der Waals surface area contributed by atoms with Gasteiger partial charge in [0.15, 0.2) is 11.5 Å². The lowest BCUT2D eigenvalue weighted by Crippen LogP contribution is -2.32. The Kier molecular flexibility index (Phi) is 3.57. The van der Waals surface area contributed by atoms with E-state index < -0.39 is 0 Å². The van der Waals surface area contributed by atoms with Crippen LogP contribution >= 0.6 is 0 Å². The molecule has 4 heterocycles. The quantitative estimate of drug-likeness (QED) is 0.643. The highest BCUT2D eigenvalue weighted by Crippen LogP contribution is 2.29. The van der Waals surface area contributed by atoms with Crippen LogP contribution in [0, 0.1) is 0 Å². The SMILES string of the molecule is Cn1ccc(CN2CCC(c3nc4nc(N)nc(N)c4[nH]3)CC2)n1. The summed E-state index contributed by atoms with van der Waals surface area (Å²) in [6.07, 6.45) is 4.05. The van der Waals surface area contributed by atoms with E-state index in [0.717, 1.165) is 44.0 Å². The lowest BCUT2D eigenvalue weighted by Gasteiger charge is -2.30. The number of piperidine rings is 1. The molecule has 0 radical (unpaired) electrons. The number of hydrogen-bond acceptors (Lipinski definition) is 7. The fourth-order valence-corrected chi connectivity index (χ4v) is 3.29. The number of H-pyrrole nitrogens is 1. The number of fused-ring (bicyclic) bond motifs is 1. The van der Waals surface area contributed by atoms with Crippen LogP contribution in [0.2, 0.25) is 0 Å². The molecule has 0 amide bonds. The van der Waals surface area contributed by atoms with Crippen LogP contribution in [-0.2, 0) is 13.6 Å². The molecular formula is C15H21N9. The number of nitrogens with zero attached hydrogens (tertiary/aromatic N) is 6. The fourth-order valence-electron chi connectivity index (χ4n) is 3.29. The van der Waals surface area contributed by atoms with Gasteiger partial charge in [-0.25, -0.2) is 4.98 Å². The van der Waals surface area contributed by atoms with Crippen molar-refractivity contribution in [2.24, 2.45) is 7.05 Å². The molecular weight excluding hydrogens is 306 g/mol. The Labute approximate surface area is 139 Å². The van der Waals surface area contributed by atoms with Gasteiger partial charge in [0, 0.05) is 25.7 Å². The first-order valence-corrected chi connectivity index (χ1v) is 8.08. The highest BCUT2D eigenvalue weighted by atomic mass is 15.3. The zero-order valence-corrected chi connectivity index (χ0v) is 13.6. The Morgan fingerprint density at radius 2 is 2.00 bits per heavy atom. The number of likely N-dealkylation sites (tertiary alicyclic amines) is 1. The van der Waals surface area contributed by atoms with Crippen LogP contribution in [0.25, 0.3) is 11.2 Å². The minimum atomic E-state index is 0.156. The molecule has 0 saturated carbocycles. The van der Waals surface area contributed by atoms with Crippen molar-refractivity contribution in [3.63, 3.8) is 0 Å². The van der Waals surface area contributed by atoms with E-state index >= 15 is 0 Å². The summed E-state index contributed by atoms with van der Waals surface area (Å²) in [7, 11) is 1.94. The molecule has 9 heteroatoms. The molecule has 0 atom stereocenters. The van der Waals surface area contributed by atoms with Crippen molar-refractivity contribution in [2.45, 2.75) is 25.3 Å². The van der Waals surface area contributed by atoms with Gasteiger partial charge in [0.05, 0.1) is 5.69 Å². The first-order valence-electron chi connectivity index (χ1n) is 8.08. The zero-order chi connectivity index (χ0) is 16.7. The number of rotatable bonds is 3. The van der Waals surface area contributed by atoms with E-state index in [9.17, 15) is 0 Å². The first kappa shape index (κ1) is 14.9. The Morgan fingerprint density at radius 1 is 1.21 bits per heavy atom. The molecule has 0 spiro atoms. The van der Waals surface area contributed by atoms with Gasteiger partial charge in [-0.15, -0.1) is 0 Å². The van der Waals surface area contributed by atoms with E-state index in [1.807, 2.05) is 17.9 Å². The molecule has 126 valence electrons. The lowest BCUT2D eigenvalue weighted by atomic mass is 9.96. The molecule has 0 aromatic carbocycles. The number of imidazole rings is 1. The predicted molar refractivity (Wildman–Crippen MR) is 91.0 cm³/mol. The van der Waals surface area contributed by atoms with Gasteiger partial charge in [-0.1, -0.05) is 0 Å².